The van der Waals surface area contributed by atoms with Crippen LogP contribution < -0.4 is 16.6 Å². The lowest BCUT2D eigenvalue weighted by Gasteiger charge is -2.57. The van der Waals surface area contributed by atoms with Gasteiger partial charge in [-0.15, -0.1) is 12.4 Å². The Morgan fingerprint density at radius 2 is 2.07 bits per heavy atom. The van der Waals surface area contributed by atoms with Gasteiger partial charge in [-0.2, -0.15) is 0 Å². The summed E-state index contributed by atoms with van der Waals surface area (Å²) in [6, 6.07) is 8.70. The first-order valence-electron chi connectivity index (χ1n) is 9.64. The van der Waals surface area contributed by atoms with E-state index in [0.29, 0.717) is 36.7 Å². The highest BCUT2D eigenvalue weighted by molar-refractivity contribution is 6.00. The average Bonchev–Trinajstić information content (AvgIpc) is 2.67. The number of nitrogens with zero attached hydrogens (tertiary/aromatic N) is 1. The smallest absolute Gasteiger partial charge is 0.251 e. The number of aromatic nitrogens is 2. The molecular weight excluding hydrogens is 392 g/mol. The lowest BCUT2D eigenvalue weighted by atomic mass is 9.54. The molecule has 0 aliphatic heterocycles. The zero-order valence-corrected chi connectivity index (χ0v) is 18.1. The van der Waals surface area contributed by atoms with Crippen molar-refractivity contribution in [3.63, 3.8) is 0 Å². The monoisotopic (exact) mass is 420 g/mol. The van der Waals surface area contributed by atoms with E-state index in [-0.39, 0.29) is 30.0 Å². The molecule has 8 heteroatoms. The third-order valence-electron chi connectivity index (χ3n) is 5.79. The van der Waals surface area contributed by atoms with E-state index in [9.17, 15) is 9.59 Å². The van der Waals surface area contributed by atoms with Crippen LogP contribution in [0.5, 0.6) is 0 Å². The van der Waals surface area contributed by atoms with Gasteiger partial charge in [0.15, 0.2) is 0 Å². The number of nitrogens with one attached hydrogen (secondary N) is 2. The number of ether oxygens (including phenoxy) is 1. The Morgan fingerprint density at radius 3 is 2.69 bits per heavy atom. The maximum atomic E-state index is 12.9. The summed E-state index contributed by atoms with van der Waals surface area (Å²) in [5.74, 6) is 0.234. The second-order valence-electron chi connectivity index (χ2n) is 7.81. The van der Waals surface area contributed by atoms with Crippen molar-refractivity contribution in [2.24, 2.45) is 11.1 Å². The number of anilines is 1. The predicted molar refractivity (Wildman–Crippen MR) is 116 cm³/mol. The van der Waals surface area contributed by atoms with Crippen molar-refractivity contribution < 1.29 is 9.53 Å². The number of amides is 1. The van der Waals surface area contributed by atoms with E-state index in [1.807, 2.05) is 39.8 Å². The molecule has 29 heavy (non-hydrogen) atoms. The number of benzene rings is 1. The van der Waals surface area contributed by atoms with Crippen molar-refractivity contribution in [1.29, 1.82) is 0 Å². The number of halogens is 1. The summed E-state index contributed by atoms with van der Waals surface area (Å²) in [6.07, 6.45) is 1.11. The number of aryl methyl sites for hydroxylation is 1. The van der Waals surface area contributed by atoms with E-state index in [0.717, 1.165) is 5.56 Å². The van der Waals surface area contributed by atoms with Crippen LogP contribution in [0.15, 0.2) is 35.1 Å². The summed E-state index contributed by atoms with van der Waals surface area (Å²) < 4.78 is 5.70. The molecule has 2 atom stereocenters. The van der Waals surface area contributed by atoms with Crippen LogP contribution >= 0.6 is 12.4 Å². The van der Waals surface area contributed by atoms with Crippen LogP contribution in [0.3, 0.4) is 0 Å². The molecule has 158 valence electrons. The molecule has 0 spiro atoms. The number of H-pyrrole nitrogens is 1. The minimum absolute atomic E-state index is 0. The van der Waals surface area contributed by atoms with Gasteiger partial charge in [0.2, 0.25) is 5.91 Å². The van der Waals surface area contributed by atoms with Crippen LogP contribution in [0.2, 0.25) is 0 Å². The fourth-order valence-corrected chi connectivity index (χ4v) is 3.63. The normalized spacial score (nSPS) is 22.3. The Hall–Kier alpha value is -2.22. The molecule has 1 saturated carbocycles. The van der Waals surface area contributed by atoms with Gasteiger partial charge in [-0.1, -0.05) is 32.9 Å². The first-order chi connectivity index (χ1) is 13.2. The van der Waals surface area contributed by atoms with Gasteiger partial charge in [-0.25, -0.2) is 4.98 Å². The molecule has 1 amide bonds. The minimum atomic E-state index is -1.00. The van der Waals surface area contributed by atoms with Gasteiger partial charge >= 0.3 is 0 Å². The summed E-state index contributed by atoms with van der Waals surface area (Å²) in [4.78, 5) is 32.0. The van der Waals surface area contributed by atoms with Crippen molar-refractivity contribution in [1.82, 2.24) is 9.97 Å². The lowest BCUT2D eigenvalue weighted by molar-refractivity contribution is -0.166. The van der Waals surface area contributed by atoms with Crippen LogP contribution in [0.25, 0.3) is 11.4 Å². The molecule has 0 saturated heterocycles. The predicted octanol–water partition coefficient (Wildman–Crippen LogP) is 2.89. The first-order valence-corrected chi connectivity index (χ1v) is 9.64. The largest absolute Gasteiger partial charge is 0.378 e. The fourth-order valence-electron chi connectivity index (χ4n) is 3.63. The Bertz CT molecular complexity index is 944. The highest BCUT2D eigenvalue weighted by Gasteiger charge is 2.62. The van der Waals surface area contributed by atoms with E-state index in [2.05, 4.69) is 15.3 Å². The lowest BCUT2D eigenvalue weighted by Crippen LogP contribution is -2.74. The zero-order valence-electron chi connectivity index (χ0n) is 17.2. The van der Waals surface area contributed by atoms with Gasteiger partial charge in [0.1, 0.15) is 11.4 Å². The summed E-state index contributed by atoms with van der Waals surface area (Å²) in [5, 5.41) is 2.92. The van der Waals surface area contributed by atoms with Crippen molar-refractivity contribution in [2.45, 2.75) is 52.2 Å². The summed E-state index contributed by atoms with van der Waals surface area (Å²) in [6.45, 7) is 8.38. The topological polar surface area (TPSA) is 110 Å². The first kappa shape index (κ1) is 23.1. The van der Waals surface area contributed by atoms with E-state index in [4.69, 9.17) is 10.5 Å². The summed E-state index contributed by atoms with van der Waals surface area (Å²) in [7, 11) is 0. The van der Waals surface area contributed by atoms with Crippen molar-refractivity contribution in [3.8, 4) is 11.4 Å². The molecule has 1 aromatic carbocycles. The number of hydrogen-bond donors (Lipinski definition) is 3. The Morgan fingerprint density at radius 1 is 1.34 bits per heavy atom. The second-order valence-corrected chi connectivity index (χ2v) is 7.81. The van der Waals surface area contributed by atoms with Crippen molar-refractivity contribution in [3.05, 3.63) is 46.4 Å². The van der Waals surface area contributed by atoms with Gasteiger partial charge < -0.3 is 20.8 Å². The maximum Gasteiger partial charge on any atom is 0.251 e. The molecule has 1 aromatic heterocycles. The molecule has 1 aliphatic rings. The molecule has 4 N–H and O–H groups in total. The Balaban J connectivity index is 0.00000300. The van der Waals surface area contributed by atoms with Gasteiger partial charge in [-0.3, -0.25) is 9.59 Å². The van der Waals surface area contributed by atoms with E-state index in [1.165, 1.54) is 6.07 Å². The quantitative estimate of drug-likeness (QED) is 0.665. The highest BCUT2D eigenvalue weighted by Crippen LogP contribution is 2.50. The highest BCUT2D eigenvalue weighted by atomic mass is 35.5. The molecule has 2 unspecified atom stereocenters. The van der Waals surface area contributed by atoms with E-state index < -0.39 is 11.0 Å². The number of hydrogen-bond acceptors (Lipinski definition) is 5. The van der Waals surface area contributed by atoms with Gasteiger partial charge in [0.05, 0.1) is 6.10 Å². The third kappa shape index (κ3) is 4.22. The molecule has 1 aliphatic carbocycles. The Labute approximate surface area is 176 Å². The molecular formula is C21H29ClN4O3. The minimum Gasteiger partial charge on any atom is -0.378 e. The number of rotatable bonds is 6. The number of carbonyl (C=O) groups excluding carboxylic acids is 1. The molecule has 1 fully saturated rings. The summed E-state index contributed by atoms with van der Waals surface area (Å²) in [5.41, 5.74) is 6.82. The third-order valence-corrected chi connectivity index (χ3v) is 5.79. The molecule has 7 nitrogen and oxygen atoms in total. The van der Waals surface area contributed by atoms with Crippen LogP contribution in [-0.4, -0.2) is 34.1 Å². The molecule has 2 aromatic rings. The van der Waals surface area contributed by atoms with Crippen molar-refractivity contribution >= 4 is 24.0 Å². The second kappa shape index (κ2) is 8.65. The van der Waals surface area contributed by atoms with Crippen molar-refractivity contribution in [2.75, 3.05) is 11.9 Å². The van der Waals surface area contributed by atoms with E-state index in [1.54, 1.807) is 12.1 Å². The maximum absolute atomic E-state index is 12.9. The molecule has 0 bridgehead atoms. The van der Waals surface area contributed by atoms with Crippen LogP contribution in [0.4, 0.5) is 5.69 Å². The molecule has 0 radical (unpaired) electrons. The fraction of sp³-hybridized carbons (Fsp3) is 0.476. The van der Waals surface area contributed by atoms with Crippen LogP contribution in [0, 0.1) is 5.41 Å². The Kier molecular flexibility index (Phi) is 6.88. The number of nitrogens with two attached hydrogens (primary N) is 1. The average molecular weight is 421 g/mol. The van der Waals surface area contributed by atoms with E-state index >= 15 is 0 Å². The van der Waals surface area contributed by atoms with Gasteiger partial charge in [0.25, 0.3) is 5.56 Å². The zero-order chi connectivity index (χ0) is 20.5. The number of carbonyl (C=O) groups is 1. The standard InChI is InChI=1S/C21H28N4O3.ClH/c1-5-14-11-17(26)25-18(23-14)13-8-7-9-15(10-13)24-19(27)21(22)12-16(28-6-2)20(21,3)4;/h7-11,16H,5-6,12,22H2,1-4H3,(H,24,27)(H,23,25,26);1H. The molecule has 1 heterocycles. The van der Waals surface area contributed by atoms with Crippen LogP contribution in [-0.2, 0) is 16.0 Å². The summed E-state index contributed by atoms with van der Waals surface area (Å²) >= 11 is 0. The molecule has 3 rings (SSSR count). The number of aromatic amines is 1. The van der Waals surface area contributed by atoms with Crippen LogP contribution in [0.1, 0.15) is 39.8 Å². The van der Waals surface area contributed by atoms with Gasteiger partial charge in [0, 0.05) is 41.5 Å². The van der Waals surface area contributed by atoms with Gasteiger partial charge in [-0.05, 0) is 25.5 Å². The SMILES string of the molecule is CCOC1CC(N)(C(=O)Nc2cccc(-c3nc(CC)cc(=O)[nH]3)c2)C1(C)C.Cl.